The van der Waals surface area contributed by atoms with Gasteiger partial charge in [-0.25, -0.2) is 4.79 Å². The molecule has 0 aliphatic heterocycles. The van der Waals surface area contributed by atoms with Crippen LogP contribution in [0.1, 0.15) is 66.7 Å². The van der Waals surface area contributed by atoms with E-state index in [-0.39, 0.29) is 5.41 Å². The lowest BCUT2D eigenvalue weighted by Gasteiger charge is -2.23. The Bertz CT molecular complexity index is 479. The summed E-state index contributed by atoms with van der Waals surface area (Å²) < 4.78 is 5.67. The second-order valence-electron chi connectivity index (χ2n) is 7.09. The maximum absolute atomic E-state index is 10.5. The van der Waals surface area contributed by atoms with Crippen LogP contribution in [0.2, 0.25) is 0 Å². The van der Waals surface area contributed by atoms with Gasteiger partial charge in [0.05, 0.1) is 12.9 Å². The highest BCUT2D eigenvalue weighted by Crippen LogP contribution is 2.24. The number of unbranched alkanes of at least 4 members (excludes halogenated alkanes) is 3. The fourth-order valence-electron chi connectivity index (χ4n) is 2.18. The third-order valence-electron chi connectivity index (χ3n) is 3.68. The van der Waals surface area contributed by atoms with Crippen LogP contribution in [0.25, 0.3) is 0 Å². The van der Waals surface area contributed by atoms with Gasteiger partial charge in [0.25, 0.3) is 0 Å². The molecule has 0 radical (unpaired) electrons. The highest BCUT2D eigenvalue weighted by atomic mass is 16.5. The van der Waals surface area contributed by atoms with Crippen LogP contribution in [0, 0.1) is 5.41 Å². The smallest absolute Gasteiger partial charge is 0.328 e. The molecule has 3 nitrogen and oxygen atoms in total. The van der Waals surface area contributed by atoms with Crippen molar-refractivity contribution in [2.75, 3.05) is 6.61 Å². The first-order valence-corrected chi connectivity index (χ1v) is 8.81. The van der Waals surface area contributed by atoms with E-state index < -0.39 is 5.97 Å². The van der Waals surface area contributed by atoms with Gasteiger partial charge in [0.2, 0.25) is 0 Å². The van der Waals surface area contributed by atoms with Crippen molar-refractivity contribution in [3.05, 3.63) is 47.8 Å². The van der Waals surface area contributed by atoms with Crippen LogP contribution in [0.5, 0.6) is 0 Å². The molecule has 3 heteroatoms. The Balaban J connectivity index is 4.18. The topological polar surface area (TPSA) is 46.5 Å². The third kappa shape index (κ3) is 13.9. The molecule has 0 atom stereocenters. The summed E-state index contributed by atoms with van der Waals surface area (Å²) in [5.41, 5.74) is 1.96. The highest BCUT2D eigenvalue weighted by Gasteiger charge is 2.17. The lowest BCUT2D eigenvalue weighted by molar-refractivity contribution is -0.131. The van der Waals surface area contributed by atoms with Gasteiger partial charge >= 0.3 is 5.97 Å². The fraction of sp³-hybridized carbons (Fsp3) is 0.571. The molecule has 0 spiro atoms. The molecular formula is C21H34O3. The Morgan fingerprint density at radius 3 is 2.42 bits per heavy atom. The lowest BCUT2D eigenvalue weighted by Crippen LogP contribution is -2.17. The molecule has 0 aromatic carbocycles. The minimum atomic E-state index is -0.927. The van der Waals surface area contributed by atoms with Crippen molar-refractivity contribution in [1.29, 1.82) is 0 Å². The average molecular weight is 335 g/mol. The van der Waals surface area contributed by atoms with Gasteiger partial charge in [-0.05, 0) is 42.9 Å². The number of ether oxygens (including phenoxy) is 1. The molecule has 0 heterocycles. The van der Waals surface area contributed by atoms with Gasteiger partial charge < -0.3 is 9.84 Å². The quantitative estimate of drug-likeness (QED) is 0.205. The van der Waals surface area contributed by atoms with Gasteiger partial charge in [0.15, 0.2) is 0 Å². The largest absolute Gasteiger partial charge is 0.501 e. The van der Waals surface area contributed by atoms with Crippen molar-refractivity contribution < 1.29 is 14.6 Å². The van der Waals surface area contributed by atoms with Crippen LogP contribution in [0.15, 0.2) is 47.8 Å². The van der Waals surface area contributed by atoms with Crippen LogP contribution in [0.3, 0.4) is 0 Å². The third-order valence-corrected chi connectivity index (χ3v) is 3.68. The van der Waals surface area contributed by atoms with Gasteiger partial charge in [-0.2, -0.15) is 0 Å². The molecule has 0 aromatic rings. The van der Waals surface area contributed by atoms with E-state index in [0.717, 1.165) is 12.2 Å². The molecule has 0 amide bonds. The van der Waals surface area contributed by atoms with Gasteiger partial charge in [0, 0.05) is 6.08 Å². The minimum absolute atomic E-state index is 0.203. The maximum Gasteiger partial charge on any atom is 0.328 e. The molecule has 1 N–H and O–H groups in total. The molecule has 0 bridgehead atoms. The summed E-state index contributed by atoms with van der Waals surface area (Å²) in [6, 6.07) is 0. The lowest BCUT2D eigenvalue weighted by atomic mass is 9.88. The maximum atomic E-state index is 10.5. The van der Waals surface area contributed by atoms with Crippen LogP contribution in [0.4, 0.5) is 0 Å². The molecule has 0 saturated heterocycles. The van der Waals surface area contributed by atoms with E-state index >= 15 is 0 Å². The Labute approximate surface area is 147 Å². The van der Waals surface area contributed by atoms with Crippen molar-refractivity contribution in [1.82, 2.24) is 0 Å². The van der Waals surface area contributed by atoms with Crippen molar-refractivity contribution in [3.8, 4) is 0 Å². The van der Waals surface area contributed by atoms with Crippen molar-refractivity contribution in [2.45, 2.75) is 66.7 Å². The number of carboxylic acid groups (broad SMARTS) is 1. The molecule has 0 fully saturated rings. The second-order valence-corrected chi connectivity index (χ2v) is 7.09. The van der Waals surface area contributed by atoms with E-state index in [4.69, 9.17) is 9.84 Å². The number of rotatable bonds is 12. The number of hydrogen-bond donors (Lipinski definition) is 1. The van der Waals surface area contributed by atoms with Gasteiger partial charge in [-0.3, -0.25) is 0 Å². The van der Waals surface area contributed by atoms with Gasteiger partial charge in [-0.1, -0.05) is 64.7 Å². The highest BCUT2D eigenvalue weighted by molar-refractivity contribution is 5.81. The number of aliphatic carboxylic acids is 1. The number of carbonyl (C=O) groups is 1. The summed E-state index contributed by atoms with van der Waals surface area (Å²) in [5, 5.41) is 8.63. The summed E-state index contributed by atoms with van der Waals surface area (Å²) in [6.07, 6.45) is 16.7. The first-order chi connectivity index (χ1) is 11.3. The summed E-state index contributed by atoms with van der Waals surface area (Å²) in [6.45, 7) is 11.2. The van der Waals surface area contributed by atoms with E-state index in [1.54, 1.807) is 19.3 Å². The molecular weight excluding hydrogens is 300 g/mol. The number of allylic oxidation sites excluding steroid dienone is 6. The van der Waals surface area contributed by atoms with Crippen molar-refractivity contribution >= 4 is 5.97 Å². The van der Waals surface area contributed by atoms with Crippen LogP contribution >= 0.6 is 0 Å². The molecule has 0 aromatic heterocycles. The summed E-state index contributed by atoms with van der Waals surface area (Å²) >= 11 is 0. The van der Waals surface area contributed by atoms with Crippen LogP contribution < -0.4 is 0 Å². The molecule has 0 saturated carbocycles. The van der Waals surface area contributed by atoms with E-state index in [1.807, 2.05) is 25.2 Å². The monoisotopic (exact) mass is 334 g/mol. The van der Waals surface area contributed by atoms with Gasteiger partial charge in [0.1, 0.15) is 0 Å². The van der Waals surface area contributed by atoms with E-state index in [1.165, 1.54) is 38.2 Å². The van der Waals surface area contributed by atoms with Crippen LogP contribution in [-0.2, 0) is 9.53 Å². The molecule has 0 rings (SSSR count). The molecule has 0 aliphatic carbocycles. The minimum Gasteiger partial charge on any atom is -0.501 e. The molecule has 24 heavy (non-hydrogen) atoms. The zero-order valence-electron chi connectivity index (χ0n) is 16.0. The summed E-state index contributed by atoms with van der Waals surface area (Å²) in [4.78, 5) is 10.5. The molecule has 0 unspecified atom stereocenters. The van der Waals surface area contributed by atoms with E-state index in [0.29, 0.717) is 5.57 Å². The summed E-state index contributed by atoms with van der Waals surface area (Å²) in [7, 11) is 0. The molecule has 136 valence electrons. The Hall–Kier alpha value is -1.77. The SMILES string of the molecule is CCCCCCC(C)(C)CO/C=C/C(C)=C/C=C/C(C)=C/C(=O)O. The zero-order chi connectivity index (χ0) is 18.4. The Morgan fingerprint density at radius 1 is 1.08 bits per heavy atom. The normalized spacial score (nSPS) is 13.9. The summed E-state index contributed by atoms with van der Waals surface area (Å²) in [5.74, 6) is -0.927. The predicted molar refractivity (Wildman–Crippen MR) is 102 cm³/mol. The second kappa shape index (κ2) is 12.6. The average Bonchev–Trinajstić information content (AvgIpc) is 2.47. The standard InChI is InChI=1S/C21H34O3/c1-6-7-8-9-14-21(4,5)17-24-15-13-18(2)11-10-12-19(3)16-20(22)23/h10-13,15-16H,6-9,14,17H2,1-5H3,(H,22,23)/b12-10+,15-13+,18-11+,19-16+. The van der Waals surface area contributed by atoms with Gasteiger partial charge in [-0.15, -0.1) is 0 Å². The molecule has 0 aliphatic rings. The Kier molecular flexibility index (Phi) is 11.7. The number of hydrogen-bond acceptors (Lipinski definition) is 2. The fourth-order valence-corrected chi connectivity index (χ4v) is 2.18. The first kappa shape index (κ1) is 22.2. The van der Waals surface area contributed by atoms with Crippen LogP contribution in [-0.4, -0.2) is 17.7 Å². The van der Waals surface area contributed by atoms with Crippen molar-refractivity contribution in [3.63, 3.8) is 0 Å². The number of carboxylic acids is 1. The van der Waals surface area contributed by atoms with E-state index in [9.17, 15) is 4.79 Å². The zero-order valence-corrected chi connectivity index (χ0v) is 16.0. The van der Waals surface area contributed by atoms with Crippen molar-refractivity contribution in [2.24, 2.45) is 5.41 Å². The van der Waals surface area contributed by atoms with E-state index in [2.05, 4.69) is 20.8 Å². The Morgan fingerprint density at radius 2 is 1.79 bits per heavy atom. The first-order valence-electron chi connectivity index (χ1n) is 8.81. The predicted octanol–water partition coefficient (Wildman–Crippen LogP) is 6.05.